The Kier molecular flexibility index (Phi) is 4.92. The Bertz CT molecular complexity index is 1070. The largest absolute Gasteiger partial charge is 0.367 e. The lowest BCUT2D eigenvalue weighted by Gasteiger charge is -2.44. The summed E-state index contributed by atoms with van der Waals surface area (Å²) in [5.41, 5.74) is 6.31. The fourth-order valence-electron chi connectivity index (χ4n) is 5.93. The summed E-state index contributed by atoms with van der Waals surface area (Å²) in [5, 5.41) is 0. The molecule has 2 aromatic heterocycles. The minimum atomic E-state index is 0.434. The van der Waals surface area contributed by atoms with Gasteiger partial charge in [0.05, 0.1) is 29.5 Å². The molecule has 162 valence electrons. The van der Waals surface area contributed by atoms with Crippen LogP contribution in [0.25, 0.3) is 11.0 Å². The van der Waals surface area contributed by atoms with Gasteiger partial charge in [-0.15, -0.1) is 0 Å². The van der Waals surface area contributed by atoms with Crippen LogP contribution in [0.2, 0.25) is 0 Å². The number of nitrogens with zero attached hydrogens (tertiary/aromatic N) is 5. The minimum Gasteiger partial charge on any atom is -0.367 e. The Morgan fingerprint density at radius 3 is 2.84 bits per heavy atom. The zero-order valence-electron chi connectivity index (χ0n) is 18.4. The van der Waals surface area contributed by atoms with Gasteiger partial charge in [-0.1, -0.05) is 12.1 Å². The summed E-state index contributed by atoms with van der Waals surface area (Å²) in [7, 11) is 2.20. The number of piperidine rings is 1. The molecular weight excluding hydrogens is 384 g/mol. The second kappa shape index (κ2) is 7.92. The van der Waals surface area contributed by atoms with Crippen molar-refractivity contribution < 1.29 is 0 Å². The average Bonchev–Trinajstić information content (AvgIpc) is 3.22. The molecule has 1 N–H and O–H groups in total. The van der Waals surface area contributed by atoms with Crippen LogP contribution in [0.1, 0.15) is 42.4 Å². The molecule has 2 atom stereocenters. The Balaban J connectivity index is 1.29. The predicted molar refractivity (Wildman–Crippen MR) is 124 cm³/mol. The first kappa shape index (κ1) is 19.3. The zero-order valence-corrected chi connectivity index (χ0v) is 18.4. The van der Waals surface area contributed by atoms with Crippen LogP contribution in [0.4, 0.5) is 5.69 Å². The average molecular weight is 417 g/mol. The van der Waals surface area contributed by atoms with Gasteiger partial charge in [0.25, 0.3) is 0 Å². The van der Waals surface area contributed by atoms with E-state index in [0.717, 1.165) is 62.0 Å². The van der Waals surface area contributed by atoms with Crippen LogP contribution in [0.3, 0.4) is 0 Å². The lowest BCUT2D eigenvalue weighted by molar-refractivity contribution is 0.0676. The molecule has 0 radical (unpaired) electrons. The fourth-order valence-corrected chi connectivity index (χ4v) is 5.93. The molecule has 0 bridgehead atoms. The molecule has 6 rings (SSSR count). The summed E-state index contributed by atoms with van der Waals surface area (Å²) in [6.07, 6.45) is 7.03. The predicted octanol–water partition coefficient (Wildman–Crippen LogP) is 3.61. The van der Waals surface area contributed by atoms with Crippen LogP contribution >= 0.6 is 0 Å². The maximum atomic E-state index is 5.12. The molecule has 31 heavy (non-hydrogen) atoms. The summed E-state index contributed by atoms with van der Waals surface area (Å²) in [6.45, 7) is 6.34. The Morgan fingerprint density at radius 1 is 1.03 bits per heavy atom. The van der Waals surface area contributed by atoms with Crippen molar-refractivity contribution in [2.24, 2.45) is 5.92 Å². The van der Waals surface area contributed by atoms with Crippen LogP contribution in [-0.2, 0) is 13.0 Å². The number of H-pyrrole nitrogens is 1. The lowest BCUT2D eigenvalue weighted by Crippen LogP contribution is -2.44. The maximum Gasteiger partial charge on any atom is 0.121 e. The number of likely N-dealkylation sites (tertiary alicyclic amines) is 1. The number of aromatic nitrogens is 3. The van der Waals surface area contributed by atoms with E-state index in [9.17, 15) is 0 Å². The van der Waals surface area contributed by atoms with Crippen molar-refractivity contribution in [3.8, 4) is 0 Å². The van der Waals surface area contributed by atoms with Crippen LogP contribution in [0, 0.1) is 5.92 Å². The third-order valence-corrected chi connectivity index (χ3v) is 7.59. The van der Waals surface area contributed by atoms with Gasteiger partial charge in [0.1, 0.15) is 11.3 Å². The van der Waals surface area contributed by atoms with Crippen molar-refractivity contribution in [1.29, 1.82) is 0 Å². The second-order valence-electron chi connectivity index (χ2n) is 9.55. The molecule has 0 spiro atoms. The van der Waals surface area contributed by atoms with Crippen molar-refractivity contribution in [3.63, 3.8) is 0 Å². The minimum absolute atomic E-state index is 0.434. The molecule has 0 amide bonds. The first-order valence-electron chi connectivity index (χ1n) is 11.9. The number of hydrogen-bond acceptors (Lipinski definition) is 5. The van der Waals surface area contributed by atoms with E-state index in [1.165, 1.54) is 42.6 Å². The molecule has 3 aromatic rings. The Labute approximate surface area is 184 Å². The number of nitrogens with one attached hydrogen (secondary N) is 1. The molecule has 0 saturated carbocycles. The van der Waals surface area contributed by atoms with Crippen molar-refractivity contribution in [1.82, 2.24) is 24.8 Å². The zero-order chi connectivity index (χ0) is 20.8. The molecule has 1 aromatic carbocycles. The highest BCUT2D eigenvalue weighted by molar-refractivity contribution is 5.89. The number of aryl methyl sites for hydroxylation is 1. The van der Waals surface area contributed by atoms with E-state index in [1.54, 1.807) is 0 Å². The first-order chi connectivity index (χ1) is 15.3. The van der Waals surface area contributed by atoms with Crippen molar-refractivity contribution in [2.45, 2.75) is 38.3 Å². The highest BCUT2D eigenvalue weighted by atomic mass is 15.3. The number of hydrogen-bond donors (Lipinski definition) is 1. The normalized spacial score (nSPS) is 24.9. The molecule has 1 aliphatic carbocycles. The van der Waals surface area contributed by atoms with Gasteiger partial charge < -0.3 is 14.8 Å². The smallest absolute Gasteiger partial charge is 0.121 e. The monoisotopic (exact) mass is 416 g/mol. The molecule has 1 unspecified atom stereocenters. The topological polar surface area (TPSA) is 51.3 Å². The quantitative estimate of drug-likeness (QED) is 0.707. The number of rotatable bonds is 3. The third-order valence-electron chi connectivity index (χ3n) is 7.59. The number of aromatic amines is 1. The highest BCUT2D eigenvalue weighted by Crippen LogP contribution is 2.43. The number of piperazine rings is 1. The molecule has 6 nitrogen and oxygen atoms in total. The number of imidazole rings is 1. The molecule has 2 aliphatic heterocycles. The van der Waals surface area contributed by atoms with E-state index in [4.69, 9.17) is 9.97 Å². The lowest BCUT2D eigenvalue weighted by atomic mass is 9.77. The van der Waals surface area contributed by atoms with Gasteiger partial charge in [0.15, 0.2) is 0 Å². The highest BCUT2D eigenvalue weighted by Gasteiger charge is 2.37. The van der Waals surface area contributed by atoms with E-state index in [2.05, 4.69) is 57.1 Å². The van der Waals surface area contributed by atoms with Crippen LogP contribution in [0.5, 0.6) is 0 Å². The number of fused-ring (bicyclic) bond motifs is 4. The van der Waals surface area contributed by atoms with E-state index in [1.807, 2.05) is 6.20 Å². The summed E-state index contributed by atoms with van der Waals surface area (Å²) < 4.78 is 0. The van der Waals surface area contributed by atoms with Gasteiger partial charge in [-0.2, -0.15) is 0 Å². The standard InChI is InChI=1S/C25H32N6/c1-29-13-15-30(16-14-29)21-8-2-7-20-24(21)28-22(27-20)17-31-12-4-6-19-10-9-18-5-3-11-26-23(18)25(19)31/h2-3,5,7-8,11,19,25H,4,6,9-10,12-17H2,1H3,(H,27,28)/t19-,25?/m0/s1. The van der Waals surface area contributed by atoms with Crippen molar-refractivity contribution in [3.05, 3.63) is 53.6 Å². The summed E-state index contributed by atoms with van der Waals surface area (Å²) >= 11 is 0. The molecule has 6 heteroatoms. The van der Waals surface area contributed by atoms with E-state index < -0.39 is 0 Å². The summed E-state index contributed by atoms with van der Waals surface area (Å²) in [5.74, 6) is 1.81. The number of benzene rings is 1. The number of para-hydroxylation sites is 1. The maximum absolute atomic E-state index is 5.12. The van der Waals surface area contributed by atoms with Gasteiger partial charge in [-0.05, 0) is 69.0 Å². The van der Waals surface area contributed by atoms with Crippen LogP contribution in [0.15, 0.2) is 36.5 Å². The summed E-state index contributed by atoms with van der Waals surface area (Å²) in [6, 6.07) is 11.4. The number of anilines is 1. The van der Waals surface area contributed by atoms with Gasteiger partial charge in [-0.3, -0.25) is 9.88 Å². The molecule has 4 heterocycles. The van der Waals surface area contributed by atoms with Crippen LogP contribution < -0.4 is 4.90 Å². The Hall–Kier alpha value is -2.44. The molecule has 3 aliphatic rings. The molecule has 2 saturated heterocycles. The van der Waals surface area contributed by atoms with Gasteiger partial charge >= 0.3 is 0 Å². The molecular formula is C25H32N6. The third kappa shape index (κ3) is 3.52. The SMILES string of the molecule is CN1CCN(c2cccc3[nH]c(CN4CCC[C@H]5CCc6cccnc6C54)nc23)CC1. The van der Waals surface area contributed by atoms with Crippen molar-refractivity contribution >= 4 is 16.7 Å². The van der Waals surface area contributed by atoms with E-state index >= 15 is 0 Å². The molecule has 2 fully saturated rings. The fraction of sp³-hybridized carbons (Fsp3) is 0.520. The van der Waals surface area contributed by atoms with Crippen molar-refractivity contribution in [2.75, 3.05) is 44.7 Å². The van der Waals surface area contributed by atoms with Gasteiger partial charge in [-0.25, -0.2) is 4.98 Å². The number of pyridine rings is 1. The van der Waals surface area contributed by atoms with Gasteiger partial charge in [0, 0.05) is 32.4 Å². The Morgan fingerprint density at radius 2 is 1.94 bits per heavy atom. The second-order valence-corrected chi connectivity index (χ2v) is 9.55. The van der Waals surface area contributed by atoms with E-state index in [0.29, 0.717) is 6.04 Å². The van der Waals surface area contributed by atoms with E-state index in [-0.39, 0.29) is 0 Å². The van der Waals surface area contributed by atoms with Crippen LogP contribution in [-0.4, -0.2) is 64.5 Å². The first-order valence-corrected chi connectivity index (χ1v) is 11.9. The summed E-state index contributed by atoms with van der Waals surface area (Å²) in [4.78, 5) is 21.1. The number of likely N-dealkylation sites (N-methyl/N-ethyl adjacent to an activating group) is 1. The van der Waals surface area contributed by atoms with Gasteiger partial charge in [0.2, 0.25) is 0 Å².